The topological polar surface area (TPSA) is 77.2 Å². The van der Waals surface area contributed by atoms with Crippen LogP contribution >= 0.6 is 11.3 Å². The number of nitrogens with one attached hydrogen (secondary N) is 1. The Morgan fingerprint density at radius 2 is 2.03 bits per heavy atom. The molecule has 0 fully saturated rings. The lowest BCUT2D eigenvalue weighted by Crippen LogP contribution is -2.25. The molecule has 4 rings (SSSR count). The summed E-state index contributed by atoms with van der Waals surface area (Å²) < 4.78 is 11.1. The molecule has 1 amide bonds. The van der Waals surface area contributed by atoms with Crippen molar-refractivity contribution < 1.29 is 13.9 Å². The predicted octanol–water partition coefficient (Wildman–Crippen LogP) is 5.08. The van der Waals surface area contributed by atoms with Gasteiger partial charge >= 0.3 is 0 Å². The van der Waals surface area contributed by atoms with Crippen LogP contribution in [0.4, 0.5) is 0 Å². The number of nitrogens with zero attached hydrogens (tertiary/aromatic N) is 2. The summed E-state index contributed by atoms with van der Waals surface area (Å²) in [4.78, 5) is 23.3. The van der Waals surface area contributed by atoms with Crippen molar-refractivity contribution in [3.8, 4) is 17.3 Å². The molecule has 3 aromatic heterocycles. The second-order valence-electron chi connectivity index (χ2n) is 7.12. The molecule has 30 heavy (non-hydrogen) atoms. The van der Waals surface area contributed by atoms with Gasteiger partial charge in [0.1, 0.15) is 10.6 Å². The molecule has 0 unspecified atom stereocenters. The minimum Gasteiger partial charge on any atom is -0.494 e. The molecule has 0 saturated heterocycles. The summed E-state index contributed by atoms with van der Waals surface area (Å²) >= 11 is 1.38. The molecule has 0 aliphatic heterocycles. The Morgan fingerprint density at radius 1 is 1.17 bits per heavy atom. The highest BCUT2D eigenvalue weighted by atomic mass is 32.1. The van der Waals surface area contributed by atoms with Gasteiger partial charge in [-0.25, -0.2) is 9.97 Å². The first-order chi connectivity index (χ1) is 14.5. The highest BCUT2D eigenvalue weighted by Crippen LogP contribution is 2.32. The van der Waals surface area contributed by atoms with Gasteiger partial charge in [0.25, 0.3) is 5.91 Å². The summed E-state index contributed by atoms with van der Waals surface area (Å²) in [7, 11) is 0. The van der Waals surface area contributed by atoms with E-state index in [0.29, 0.717) is 29.6 Å². The van der Waals surface area contributed by atoms with Crippen molar-refractivity contribution in [2.24, 2.45) is 0 Å². The van der Waals surface area contributed by atoms with E-state index in [1.807, 2.05) is 51.1 Å². The van der Waals surface area contributed by atoms with E-state index in [1.165, 1.54) is 11.3 Å². The van der Waals surface area contributed by atoms with Gasteiger partial charge in [0.2, 0.25) is 0 Å². The number of carbonyl (C=O) groups excluding carboxylic acids is 1. The highest BCUT2D eigenvalue weighted by molar-refractivity contribution is 7.20. The Kier molecular flexibility index (Phi) is 5.81. The second-order valence-corrected chi connectivity index (χ2v) is 8.12. The van der Waals surface area contributed by atoms with Crippen LogP contribution < -0.4 is 10.1 Å². The lowest BCUT2D eigenvalue weighted by molar-refractivity contribution is 0.0955. The van der Waals surface area contributed by atoms with E-state index in [2.05, 4.69) is 15.3 Å². The number of rotatable bonds is 7. The fourth-order valence-electron chi connectivity index (χ4n) is 3.32. The summed E-state index contributed by atoms with van der Waals surface area (Å²) in [5.74, 6) is 1.91. The van der Waals surface area contributed by atoms with Crippen LogP contribution in [0.2, 0.25) is 0 Å². The quantitative estimate of drug-likeness (QED) is 0.421. The van der Waals surface area contributed by atoms with Crippen molar-refractivity contribution in [1.29, 1.82) is 0 Å². The number of furan rings is 1. The zero-order valence-corrected chi connectivity index (χ0v) is 18.0. The lowest BCUT2D eigenvalue weighted by atomic mass is 10.1. The number of ether oxygens (including phenoxy) is 1. The summed E-state index contributed by atoms with van der Waals surface area (Å²) in [6.07, 6.45) is 2.32. The van der Waals surface area contributed by atoms with Crippen LogP contribution in [-0.2, 0) is 0 Å². The van der Waals surface area contributed by atoms with Crippen molar-refractivity contribution in [3.63, 3.8) is 0 Å². The van der Waals surface area contributed by atoms with Crippen molar-refractivity contribution in [1.82, 2.24) is 15.3 Å². The van der Waals surface area contributed by atoms with Gasteiger partial charge in [-0.05, 0) is 62.6 Å². The van der Waals surface area contributed by atoms with Gasteiger partial charge in [0.05, 0.1) is 23.4 Å². The van der Waals surface area contributed by atoms with Gasteiger partial charge < -0.3 is 14.5 Å². The Hall–Kier alpha value is -3.19. The van der Waals surface area contributed by atoms with Gasteiger partial charge in [-0.1, -0.05) is 12.1 Å². The van der Waals surface area contributed by atoms with Gasteiger partial charge in [-0.3, -0.25) is 4.79 Å². The molecule has 6 nitrogen and oxygen atoms in total. The number of carbonyl (C=O) groups is 1. The fraction of sp³-hybridized carbons (Fsp3) is 0.261. The third kappa shape index (κ3) is 4.21. The maximum atomic E-state index is 12.7. The maximum absolute atomic E-state index is 12.7. The molecule has 0 radical (unpaired) electrons. The van der Waals surface area contributed by atoms with E-state index < -0.39 is 0 Å². The normalized spacial score (nSPS) is 11.0. The Morgan fingerprint density at radius 3 is 2.80 bits per heavy atom. The van der Waals surface area contributed by atoms with Crippen LogP contribution in [0.15, 0.2) is 47.1 Å². The van der Waals surface area contributed by atoms with Gasteiger partial charge in [-0.2, -0.15) is 0 Å². The third-order valence-electron chi connectivity index (χ3n) is 4.78. The lowest BCUT2D eigenvalue weighted by Gasteiger charge is -2.08. The van der Waals surface area contributed by atoms with Crippen LogP contribution in [0, 0.1) is 20.8 Å². The molecule has 7 heteroatoms. The van der Waals surface area contributed by atoms with Crippen LogP contribution in [0.3, 0.4) is 0 Å². The monoisotopic (exact) mass is 421 g/mol. The van der Waals surface area contributed by atoms with Crippen LogP contribution in [0.1, 0.15) is 32.9 Å². The van der Waals surface area contributed by atoms with E-state index in [-0.39, 0.29) is 5.91 Å². The number of thiophene rings is 1. The number of benzene rings is 1. The van der Waals surface area contributed by atoms with E-state index in [1.54, 1.807) is 12.3 Å². The number of hydrogen-bond acceptors (Lipinski definition) is 6. The smallest absolute Gasteiger partial charge is 0.261 e. The fourth-order valence-corrected chi connectivity index (χ4v) is 4.47. The molecule has 1 aromatic carbocycles. The van der Waals surface area contributed by atoms with Gasteiger partial charge in [0.15, 0.2) is 11.6 Å². The third-order valence-corrected chi connectivity index (χ3v) is 5.97. The van der Waals surface area contributed by atoms with Gasteiger partial charge in [0, 0.05) is 11.9 Å². The molecule has 154 valence electrons. The zero-order valence-electron chi connectivity index (χ0n) is 17.2. The number of amides is 1. The Bertz CT molecular complexity index is 1180. The first-order valence-corrected chi connectivity index (χ1v) is 10.6. The summed E-state index contributed by atoms with van der Waals surface area (Å²) in [6, 6.07) is 11.6. The van der Waals surface area contributed by atoms with Crippen molar-refractivity contribution in [3.05, 3.63) is 64.4 Å². The number of hydrogen-bond donors (Lipinski definition) is 1. The van der Waals surface area contributed by atoms with E-state index >= 15 is 0 Å². The molecule has 3 heterocycles. The van der Waals surface area contributed by atoms with E-state index in [0.717, 1.165) is 39.2 Å². The molecule has 0 spiro atoms. The van der Waals surface area contributed by atoms with Crippen LogP contribution in [-0.4, -0.2) is 29.0 Å². The predicted molar refractivity (Wildman–Crippen MR) is 118 cm³/mol. The number of aryl methyl sites for hydroxylation is 3. The zero-order chi connectivity index (χ0) is 21.1. The average molecular weight is 422 g/mol. The molecule has 1 N–H and O–H groups in total. The first kappa shape index (κ1) is 20.1. The summed E-state index contributed by atoms with van der Waals surface area (Å²) in [5.41, 5.74) is 2.91. The Labute approximate surface area is 178 Å². The SMILES string of the molecule is Cc1cccc(OCCCNC(=O)c2sc3nc(-c4ccco4)nc(C)c3c2C)c1. The molecular weight excluding hydrogens is 398 g/mol. The van der Waals surface area contributed by atoms with E-state index in [9.17, 15) is 4.79 Å². The minimum absolute atomic E-state index is 0.0926. The Balaban J connectivity index is 1.40. The highest BCUT2D eigenvalue weighted by Gasteiger charge is 2.19. The van der Waals surface area contributed by atoms with Gasteiger partial charge in [-0.15, -0.1) is 11.3 Å². The molecule has 0 bridgehead atoms. The molecule has 0 atom stereocenters. The molecular formula is C23H23N3O3S. The molecule has 0 aliphatic rings. The van der Waals surface area contributed by atoms with Crippen LogP contribution in [0.5, 0.6) is 5.75 Å². The standard InChI is InChI=1S/C23H23N3O3S/c1-14-7-4-8-17(13-14)28-12-6-10-24-22(27)20-15(2)19-16(3)25-21(26-23(19)30-20)18-9-5-11-29-18/h4-5,7-9,11,13H,6,10,12H2,1-3H3,(H,24,27). The second kappa shape index (κ2) is 8.67. The maximum Gasteiger partial charge on any atom is 0.261 e. The van der Waals surface area contributed by atoms with E-state index in [4.69, 9.17) is 9.15 Å². The number of fused-ring (bicyclic) bond motifs is 1. The van der Waals surface area contributed by atoms with Crippen molar-refractivity contribution in [2.45, 2.75) is 27.2 Å². The molecule has 4 aromatic rings. The molecule has 0 saturated carbocycles. The number of aromatic nitrogens is 2. The molecule has 0 aliphatic carbocycles. The minimum atomic E-state index is -0.0926. The summed E-state index contributed by atoms with van der Waals surface area (Å²) in [6.45, 7) is 6.99. The van der Waals surface area contributed by atoms with Crippen molar-refractivity contribution >= 4 is 27.5 Å². The van der Waals surface area contributed by atoms with Crippen LogP contribution in [0.25, 0.3) is 21.8 Å². The summed E-state index contributed by atoms with van der Waals surface area (Å²) in [5, 5.41) is 3.92. The average Bonchev–Trinajstić information content (AvgIpc) is 3.36. The first-order valence-electron chi connectivity index (χ1n) is 9.82. The van der Waals surface area contributed by atoms with Crippen molar-refractivity contribution in [2.75, 3.05) is 13.2 Å². The largest absolute Gasteiger partial charge is 0.494 e.